The summed E-state index contributed by atoms with van der Waals surface area (Å²) in [5.41, 5.74) is 1.05. The molecule has 0 radical (unpaired) electrons. The van der Waals surface area contributed by atoms with Crippen molar-refractivity contribution in [2.75, 3.05) is 13.2 Å². The molecule has 0 saturated carbocycles. The number of fused-ring (bicyclic) bond motifs is 1. The summed E-state index contributed by atoms with van der Waals surface area (Å²) in [4.78, 5) is 19.6. The van der Waals surface area contributed by atoms with E-state index in [1.54, 1.807) is 36.4 Å². The van der Waals surface area contributed by atoms with E-state index >= 15 is 0 Å². The van der Waals surface area contributed by atoms with E-state index in [9.17, 15) is 4.79 Å². The quantitative estimate of drug-likeness (QED) is 0.672. The van der Waals surface area contributed by atoms with E-state index < -0.39 is 0 Å². The Morgan fingerprint density at radius 3 is 2.84 bits per heavy atom. The second-order valence-corrected chi connectivity index (χ2v) is 5.66. The van der Waals surface area contributed by atoms with Gasteiger partial charge in [-0.25, -0.2) is 4.98 Å². The molecule has 1 aromatic heterocycles. The van der Waals surface area contributed by atoms with Gasteiger partial charge in [0.25, 0.3) is 5.56 Å². The molecule has 2 aromatic carbocycles. The molecule has 0 spiro atoms. The molecule has 128 valence electrons. The minimum Gasteiger partial charge on any atom is -0.490 e. The first-order valence-corrected chi connectivity index (χ1v) is 8.21. The van der Waals surface area contributed by atoms with E-state index in [4.69, 9.17) is 21.1 Å². The fraction of sp³-hybridized carbons (Fsp3) is 0.158. The van der Waals surface area contributed by atoms with Crippen molar-refractivity contribution in [1.29, 1.82) is 0 Å². The zero-order valence-corrected chi connectivity index (χ0v) is 14.5. The lowest BCUT2D eigenvalue weighted by molar-refractivity contribution is 0.297. The first-order chi connectivity index (χ1) is 12.1. The lowest BCUT2D eigenvalue weighted by Gasteiger charge is -2.14. The molecule has 3 aromatic rings. The lowest BCUT2D eigenvalue weighted by atomic mass is 10.1. The number of para-hydroxylation sites is 1. The number of halogens is 1. The summed E-state index contributed by atoms with van der Waals surface area (Å²) in [6.45, 7) is 6.26. The number of rotatable bonds is 6. The summed E-state index contributed by atoms with van der Waals surface area (Å²) in [6, 6.07) is 10.6. The average Bonchev–Trinajstić information content (AvgIpc) is 2.61. The van der Waals surface area contributed by atoms with Gasteiger partial charge in [-0.2, -0.15) is 0 Å². The van der Waals surface area contributed by atoms with E-state index in [0.29, 0.717) is 52.0 Å². The van der Waals surface area contributed by atoms with Crippen molar-refractivity contribution in [3.63, 3.8) is 0 Å². The van der Waals surface area contributed by atoms with Crippen molar-refractivity contribution in [2.24, 2.45) is 0 Å². The van der Waals surface area contributed by atoms with Gasteiger partial charge in [-0.3, -0.25) is 4.79 Å². The van der Waals surface area contributed by atoms with Gasteiger partial charge in [-0.15, -0.1) is 0 Å². The Hall–Kier alpha value is -2.79. The third-order valence-electron chi connectivity index (χ3n) is 3.54. The maximum Gasteiger partial charge on any atom is 0.259 e. The number of nitrogens with zero attached hydrogens (tertiary/aromatic N) is 1. The normalized spacial score (nSPS) is 10.6. The molecule has 0 aliphatic carbocycles. The molecule has 1 N–H and O–H groups in total. The SMILES string of the molecule is C=CCOc1c(Cl)cc(-c2nc3ccccc3c(=O)[nH]2)cc1OCC. The first-order valence-electron chi connectivity index (χ1n) is 7.83. The molecule has 0 bridgehead atoms. The highest BCUT2D eigenvalue weighted by Crippen LogP contribution is 2.39. The van der Waals surface area contributed by atoms with Crippen molar-refractivity contribution < 1.29 is 9.47 Å². The number of aromatic amines is 1. The van der Waals surface area contributed by atoms with Crippen molar-refractivity contribution >= 4 is 22.5 Å². The van der Waals surface area contributed by atoms with Gasteiger partial charge in [-0.1, -0.05) is 36.4 Å². The minimum absolute atomic E-state index is 0.207. The highest BCUT2D eigenvalue weighted by Gasteiger charge is 2.15. The maximum atomic E-state index is 12.3. The van der Waals surface area contributed by atoms with Crippen LogP contribution < -0.4 is 15.0 Å². The van der Waals surface area contributed by atoms with Gasteiger partial charge in [-0.05, 0) is 31.2 Å². The Labute approximate surface area is 149 Å². The smallest absolute Gasteiger partial charge is 0.259 e. The Morgan fingerprint density at radius 2 is 2.08 bits per heavy atom. The Kier molecular flexibility index (Phi) is 5.05. The van der Waals surface area contributed by atoms with Crippen molar-refractivity contribution in [2.45, 2.75) is 6.92 Å². The van der Waals surface area contributed by atoms with Gasteiger partial charge in [0.1, 0.15) is 12.4 Å². The molecule has 3 rings (SSSR count). The van der Waals surface area contributed by atoms with E-state index in [0.717, 1.165) is 0 Å². The third-order valence-corrected chi connectivity index (χ3v) is 3.82. The standard InChI is InChI=1S/C19H17ClN2O3/c1-3-9-25-17-14(20)10-12(11-16(17)24-4-2)18-21-15-8-6-5-7-13(15)19(23)22-18/h3,5-8,10-11H,1,4,9H2,2H3,(H,21,22,23). The molecule has 0 aliphatic heterocycles. The molecule has 0 saturated heterocycles. The Morgan fingerprint density at radius 1 is 1.28 bits per heavy atom. The van der Waals surface area contributed by atoms with Crippen LogP contribution in [0, 0.1) is 0 Å². The molecular weight excluding hydrogens is 340 g/mol. The average molecular weight is 357 g/mol. The largest absolute Gasteiger partial charge is 0.490 e. The van der Waals surface area contributed by atoms with Gasteiger partial charge < -0.3 is 14.5 Å². The zero-order valence-electron chi connectivity index (χ0n) is 13.7. The lowest BCUT2D eigenvalue weighted by Crippen LogP contribution is -2.09. The predicted molar refractivity (Wildman–Crippen MR) is 99.7 cm³/mol. The zero-order chi connectivity index (χ0) is 17.8. The second-order valence-electron chi connectivity index (χ2n) is 5.25. The van der Waals surface area contributed by atoms with Crippen LogP contribution in [0.4, 0.5) is 0 Å². The molecule has 0 unspecified atom stereocenters. The van der Waals surface area contributed by atoms with Gasteiger partial charge in [0.2, 0.25) is 0 Å². The van der Waals surface area contributed by atoms with Crippen LogP contribution in [0.1, 0.15) is 6.92 Å². The van der Waals surface area contributed by atoms with Crippen LogP contribution in [0.15, 0.2) is 53.8 Å². The topological polar surface area (TPSA) is 64.2 Å². The summed E-state index contributed by atoms with van der Waals surface area (Å²) in [5, 5.41) is 0.909. The molecule has 5 nitrogen and oxygen atoms in total. The number of nitrogens with one attached hydrogen (secondary N) is 1. The number of aromatic nitrogens is 2. The van der Waals surface area contributed by atoms with E-state index in [1.165, 1.54) is 0 Å². The van der Waals surface area contributed by atoms with E-state index in [2.05, 4.69) is 16.5 Å². The van der Waals surface area contributed by atoms with Crippen LogP contribution >= 0.6 is 11.6 Å². The monoisotopic (exact) mass is 356 g/mol. The number of hydrogen-bond acceptors (Lipinski definition) is 4. The Bertz CT molecular complexity index is 982. The summed E-state index contributed by atoms with van der Waals surface area (Å²) in [5.74, 6) is 1.35. The highest BCUT2D eigenvalue weighted by atomic mass is 35.5. The predicted octanol–water partition coefficient (Wildman–Crippen LogP) is 4.21. The van der Waals surface area contributed by atoms with Crippen molar-refractivity contribution in [1.82, 2.24) is 9.97 Å². The van der Waals surface area contributed by atoms with Crippen LogP contribution in [0.25, 0.3) is 22.3 Å². The third kappa shape index (κ3) is 3.51. The summed E-state index contributed by atoms with van der Waals surface area (Å²) in [7, 11) is 0. The molecule has 0 fully saturated rings. The number of ether oxygens (including phenoxy) is 2. The summed E-state index contributed by atoms with van der Waals surface area (Å²) < 4.78 is 11.2. The number of hydrogen-bond donors (Lipinski definition) is 1. The summed E-state index contributed by atoms with van der Waals surface area (Å²) >= 11 is 6.35. The van der Waals surface area contributed by atoms with Crippen molar-refractivity contribution in [3.05, 3.63) is 64.4 Å². The molecule has 0 atom stereocenters. The highest BCUT2D eigenvalue weighted by molar-refractivity contribution is 6.32. The van der Waals surface area contributed by atoms with Crippen LogP contribution in [-0.4, -0.2) is 23.2 Å². The Balaban J connectivity index is 2.14. The van der Waals surface area contributed by atoms with Crippen molar-refractivity contribution in [3.8, 4) is 22.9 Å². The molecule has 6 heteroatoms. The minimum atomic E-state index is -0.207. The van der Waals surface area contributed by atoms with Crippen LogP contribution in [-0.2, 0) is 0 Å². The van der Waals surface area contributed by atoms with Gasteiger partial charge in [0.05, 0.1) is 22.5 Å². The molecular formula is C19H17ClN2O3. The maximum absolute atomic E-state index is 12.3. The molecule has 25 heavy (non-hydrogen) atoms. The second kappa shape index (κ2) is 7.40. The van der Waals surface area contributed by atoms with Gasteiger partial charge in [0.15, 0.2) is 11.5 Å². The van der Waals surface area contributed by atoms with Crippen LogP contribution in [0.3, 0.4) is 0 Å². The van der Waals surface area contributed by atoms with Crippen LogP contribution in [0.5, 0.6) is 11.5 Å². The molecule has 0 amide bonds. The fourth-order valence-corrected chi connectivity index (χ4v) is 2.74. The fourth-order valence-electron chi connectivity index (χ4n) is 2.47. The van der Waals surface area contributed by atoms with Gasteiger partial charge in [0, 0.05) is 5.56 Å². The molecule has 0 aliphatic rings. The van der Waals surface area contributed by atoms with E-state index in [-0.39, 0.29) is 5.56 Å². The van der Waals surface area contributed by atoms with Gasteiger partial charge >= 0.3 is 0 Å². The van der Waals surface area contributed by atoms with E-state index in [1.807, 2.05) is 13.0 Å². The number of benzene rings is 2. The van der Waals surface area contributed by atoms with Crippen LogP contribution in [0.2, 0.25) is 5.02 Å². The molecule has 1 heterocycles. The summed E-state index contributed by atoms with van der Waals surface area (Å²) in [6.07, 6.45) is 1.63. The number of H-pyrrole nitrogens is 1. The first kappa shape index (κ1) is 17.0.